The zero-order valence-electron chi connectivity index (χ0n) is 15.0. The number of thioether (sulfide) groups is 1. The molecule has 0 heterocycles. The summed E-state index contributed by atoms with van der Waals surface area (Å²) >= 11 is 1.29. The van der Waals surface area contributed by atoms with Crippen LogP contribution >= 0.6 is 11.8 Å². The first kappa shape index (κ1) is 22.1. The summed E-state index contributed by atoms with van der Waals surface area (Å²) in [7, 11) is 0. The molecular weight excluding hydrogens is 405 g/mol. The molecule has 0 aliphatic carbocycles. The van der Waals surface area contributed by atoms with Gasteiger partial charge >= 0.3 is 6.18 Å². The predicted octanol–water partition coefficient (Wildman–Crippen LogP) is 3.64. The van der Waals surface area contributed by atoms with Crippen molar-refractivity contribution >= 4 is 35.0 Å². The molecule has 0 saturated carbocycles. The van der Waals surface area contributed by atoms with Crippen LogP contribution < -0.4 is 16.0 Å². The average Bonchev–Trinajstić information content (AvgIpc) is 2.69. The molecular formula is C19H17F3N4O2S. The molecule has 0 spiro atoms. The highest BCUT2D eigenvalue weighted by Gasteiger charge is 2.27. The van der Waals surface area contributed by atoms with Gasteiger partial charge in [-0.2, -0.15) is 18.4 Å². The van der Waals surface area contributed by atoms with Crippen molar-refractivity contribution < 1.29 is 22.8 Å². The number of carbonyl (C=O) groups is 2. The van der Waals surface area contributed by atoms with Gasteiger partial charge in [0.15, 0.2) is 0 Å². The molecule has 3 N–H and O–H groups in total. The van der Waals surface area contributed by atoms with Crippen LogP contribution in [0.3, 0.4) is 0 Å². The Hall–Kier alpha value is -3.19. The van der Waals surface area contributed by atoms with E-state index in [2.05, 4.69) is 10.6 Å². The smallest absolute Gasteiger partial charge is 0.376 e. The quantitative estimate of drug-likeness (QED) is 0.565. The second kappa shape index (κ2) is 10.4. The van der Waals surface area contributed by atoms with Crippen molar-refractivity contribution in [2.45, 2.75) is 11.1 Å². The highest BCUT2D eigenvalue weighted by atomic mass is 32.2. The minimum Gasteiger partial charge on any atom is -0.376 e. The van der Waals surface area contributed by atoms with Gasteiger partial charge in [-0.15, -0.1) is 11.8 Å². The minimum atomic E-state index is -4.49. The standard InChI is InChI=1S/C19H17F3N4O2S/c20-19(21,22)12-25-18(28)13-4-3-5-14(10-13)24-11-17(27)26-15-6-1-2-7-16(15)29-9-8-23/h1-7,10,24H,9,11-12H2,(H,25,28)(H,26,27). The van der Waals surface area contributed by atoms with Gasteiger partial charge in [0.2, 0.25) is 5.91 Å². The third kappa shape index (κ3) is 7.75. The average molecular weight is 422 g/mol. The molecule has 0 unspecified atom stereocenters. The molecule has 2 aromatic carbocycles. The number of hydrogen-bond acceptors (Lipinski definition) is 5. The summed E-state index contributed by atoms with van der Waals surface area (Å²) in [4.78, 5) is 24.7. The topological polar surface area (TPSA) is 94.0 Å². The Labute approximate surface area is 169 Å². The summed E-state index contributed by atoms with van der Waals surface area (Å²) in [5.41, 5.74) is 1.02. The predicted molar refractivity (Wildman–Crippen MR) is 105 cm³/mol. The Morgan fingerprint density at radius 3 is 2.59 bits per heavy atom. The van der Waals surface area contributed by atoms with Crippen LogP contribution in [-0.2, 0) is 4.79 Å². The van der Waals surface area contributed by atoms with Crippen LogP contribution in [0.2, 0.25) is 0 Å². The fraction of sp³-hybridized carbons (Fsp3) is 0.211. The van der Waals surface area contributed by atoms with Gasteiger partial charge in [0, 0.05) is 16.1 Å². The van der Waals surface area contributed by atoms with Crippen LogP contribution in [0.25, 0.3) is 0 Å². The molecule has 10 heteroatoms. The molecule has 2 rings (SSSR count). The van der Waals surface area contributed by atoms with E-state index in [1.165, 1.54) is 30.0 Å². The lowest BCUT2D eigenvalue weighted by atomic mass is 10.2. The lowest BCUT2D eigenvalue weighted by Gasteiger charge is -2.12. The Bertz CT molecular complexity index is 913. The summed E-state index contributed by atoms with van der Waals surface area (Å²) in [6.45, 7) is -1.54. The lowest BCUT2D eigenvalue weighted by molar-refractivity contribution is -0.123. The van der Waals surface area contributed by atoms with E-state index in [9.17, 15) is 22.8 Å². The second-order valence-corrected chi connectivity index (χ2v) is 6.74. The SMILES string of the molecule is N#CCSc1ccccc1NC(=O)CNc1cccc(C(=O)NCC(F)(F)F)c1. The second-order valence-electron chi connectivity index (χ2n) is 5.72. The zero-order valence-corrected chi connectivity index (χ0v) is 15.9. The molecule has 0 atom stereocenters. The first-order chi connectivity index (χ1) is 13.8. The summed E-state index contributed by atoms with van der Waals surface area (Å²) in [6.07, 6.45) is -4.49. The van der Waals surface area contributed by atoms with Gasteiger partial charge in [-0.1, -0.05) is 18.2 Å². The molecule has 0 bridgehead atoms. The van der Waals surface area contributed by atoms with Gasteiger partial charge in [-0.3, -0.25) is 9.59 Å². The maximum Gasteiger partial charge on any atom is 0.405 e. The first-order valence-corrected chi connectivity index (χ1v) is 9.34. The Morgan fingerprint density at radius 1 is 1.10 bits per heavy atom. The maximum atomic E-state index is 12.2. The summed E-state index contributed by atoms with van der Waals surface area (Å²) in [6, 6.07) is 14.9. The Kier molecular flexibility index (Phi) is 7.91. The van der Waals surface area contributed by atoms with Crippen LogP contribution in [0.1, 0.15) is 10.4 Å². The maximum absolute atomic E-state index is 12.2. The number of alkyl halides is 3. The fourth-order valence-corrected chi connectivity index (χ4v) is 2.90. The molecule has 0 radical (unpaired) electrons. The van der Waals surface area contributed by atoms with Crippen LogP contribution in [0.5, 0.6) is 0 Å². The monoisotopic (exact) mass is 422 g/mol. The summed E-state index contributed by atoms with van der Waals surface area (Å²) in [5, 5.41) is 16.0. The highest BCUT2D eigenvalue weighted by Crippen LogP contribution is 2.26. The van der Waals surface area contributed by atoms with E-state index in [1.807, 2.05) is 6.07 Å². The number of nitriles is 1. The van der Waals surface area contributed by atoms with Crippen molar-refractivity contribution in [2.75, 3.05) is 29.5 Å². The van der Waals surface area contributed by atoms with Crippen LogP contribution in [0, 0.1) is 11.3 Å². The number of para-hydroxylation sites is 1. The number of nitrogens with zero attached hydrogens (tertiary/aromatic N) is 1. The van der Waals surface area contributed by atoms with Crippen molar-refractivity contribution in [3.05, 3.63) is 54.1 Å². The molecule has 2 amide bonds. The fourth-order valence-electron chi connectivity index (χ4n) is 2.24. The highest BCUT2D eigenvalue weighted by molar-refractivity contribution is 7.99. The molecule has 29 heavy (non-hydrogen) atoms. The summed E-state index contributed by atoms with van der Waals surface area (Å²) < 4.78 is 36.6. The number of amides is 2. The van der Waals surface area contributed by atoms with Crippen LogP contribution in [-0.4, -0.2) is 36.8 Å². The van der Waals surface area contributed by atoms with E-state index in [-0.39, 0.29) is 23.8 Å². The number of hydrogen-bond donors (Lipinski definition) is 3. The molecule has 0 aliphatic heterocycles. The van der Waals surface area contributed by atoms with E-state index >= 15 is 0 Å². The lowest BCUT2D eigenvalue weighted by Crippen LogP contribution is -2.33. The molecule has 152 valence electrons. The first-order valence-electron chi connectivity index (χ1n) is 8.36. The van der Waals surface area contributed by atoms with E-state index in [0.717, 1.165) is 4.90 Å². The van der Waals surface area contributed by atoms with Gasteiger partial charge in [0.25, 0.3) is 5.91 Å². The van der Waals surface area contributed by atoms with Gasteiger partial charge in [0.1, 0.15) is 6.54 Å². The van der Waals surface area contributed by atoms with Crippen molar-refractivity contribution in [1.82, 2.24) is 5.32 Å². The number of rotatable bonds is 8. The van der Waals surface area contributed by atoms with Gasteiger partial charge in [-0.05, 0) is 30.3 Å². The number of anilines is 2. The van der Waals surface area contributed by atoms with E-state index in [4.69, 9.17) is 5.26 Å². The molecule has 6 nitrogen and oxygen atoms in total. The largest absolute Gasteiger partial charge is 0.405 e. The number of halogens is 3. The van der Waals surface area contributed by atoms with Crippen molar-refractivity contribution in [3.8, 4) is 6.07 Å². The number of nitrogens with one attached hydrogen (secondary N) is 3. The molecule has 0 aromatic heterocycles. The van der Waals surface area contributed by atoms with Crippen LogP contribution in [0.4, 0.5) is 24.5 Å². The number of benzene rings is 2. The third-order valence-electron chi connectivity index (χ3n) is 3.48. The van der Waals surface area contributed by atoms with E-state index in [0.29, 0.717) is 11.4 Å². The molecule has 0 fully saturated rings. The molecule has 0 saturated heterocycles. The normalized spacial score (nSPS) is 10.7. The van der Waals surface area contributed by atoms with E-state index < -0.39 is 18.6 Å². The van der Waals surface area contributed by atoms with Gasteiger partial charge in [0.05, 0.1) is 24.1 Å². The number of carbonyl (C=O) groups excluding carboxylic acids is 2. The van der Waals surface area contributed by atoms with Gasteiger partial charge in [-0.25, -0.2) is 0 Å². The van der Waals surface area contributed by atoms with E-state index in [1.54, 1.807) is 35.6 Å². The Morgan fingerprint density at radius 2 is 1.86 bits per heavy atom. The van der Waals surface area contributed by atoms with Gasteiger partial charge < -0.3 is 16.0 Å². The molecule has 2 aromatic rings. The van der Waals surface area contributed by atoms with Crippen LogP contribution in [0.15, 0.2) is 53.4 Å². The summed E-state index contributed by atoms with van der Waals surface area (Å²) in [5.74, 6) is -0.977. The van der Waals surface area contributed by atoms with Crippen molar-refractivity contribution in [1.29, 1.82) is 5.26 Å². The third-order valence-corrected chi connectivity index (χ3v) is 4.42. The zero-order chi connectivity index (χ0) is 21.3. The van der Waals surface area contributed by atoms with Crippen molar-refractivity contribution in [3.63, 3.8) is 0 Å². The van der Waals surface area contributed by atoms with Crippen molar-refractivity contribution in [2.24, 2.45) is 0 Å². The minimum absolute atomic E-state index is 0.0397. The Balaban J connectivity index is 1.93. The molecule has 0 aliphatic rings.